The van der Waals surface area contributed by atoms with Crippen molar-refractivity contribution in [2.24, 2.45) is 0 Å². The molecule has 1 amide bonds. The van der Waals surface area contributed by atoms with E-state index in [0.717, 1.165) is 30.4 Å². The van der Waals surface area contributed by atoms with E-state index in [2.05, 4.69) is 5.32 Å². The number of nitrogens with zero attached hydrogens (tertiary/aromatic N) is 1. The molecule has 0 aromatic heterocycles. The Hall–Kier alpha value is -2.74. The summed E-state index contributed by atoms with van der Waals surface area (Å²) in [5, 5.41) is 2.84. The molecule has 1 heterocycles. The van der Waals surface area contributed by atoms with Gasteiger partial charge in [-0.3, -0.25) is 9.10 Å². The zero-order valence-corrected chi connectivity index (χ0v) is 16.7. The van der Waals surface area contributed by atoms with Crippen molar-refractivity contribution in [1.82, 2.24) is 5.32 Å². The molecule has 7 nitrogen and oxygen atoms in total. The van der Waals surface area contributed by atoms with E-state index in [1.807, 2.05) is 24.3 Å². The Bertz CT molecular complexity index is 928. The molecular formula is C20H24N2O5S. The number of nitrogens with one attached hydrogen (secondary N) is 1. The zero-order chi connectivity index (χ0) is 20.1. The lowest BCUT2D eigenvalue weighted by Crippen LogP contribution is -2.50. The van der Waals surface area contributed by atoms with Crippen LogP contribution in [0.2, 0.25) is 0 Å². The van der Waals surface area contributed by atoms with Crippen molar-refractivity contribution in [2.75, 3.05) is 30.8 Å². The Morgan fingerprint density at radius 1 is 1.21 bits per heavy atom. The Balaban J connectivity index is 1.55. The van der Waals surface area contributed by atoms with Gasteiger partial charge in [0.15, 0.2) is 6.10 Å². The highest BCUT2D eigenvalue weighted by Crippen LogP contribution is 2.34. The van der Waals surface area contributed by atoms with Crippen LogP contribution in [-0.4, -0.2) is 46.9 Å². The molecule has 2 aromatic carbocycles. The first-order chi connectivity index (χ1) is 13.4. The number of aryl methyl sites for hydroxylation is 1. The number of rotatable bonds is 7. The van der Waals surface area contributed by atoms with Gasteiger partial charge in [0, 0.05) is 6.54 Å². The predicted octanol–water partition coefficient (Wildman–Crippen LogP) is 1.97. The first kappa shape index (κ1) is 20.0. The van der Waals surface area contributed by atoms with Crippen molar-refractivity contribution in [3.63, 3.8) is 0 Å². The summed E-state index contributed by atoms with van der Waals surface area (Å²) in [7, 11) is -1.88. The summed E-state index contributed by atoms with van der Waals surface area (Å²) in [5.41, 5.74) is 1.61. The van der Waals surface area contributed by atoms with Crippen LogP contribution in [0.4, 0.5) is 5.69 Å². The second kappa shape index (κ2) is 8.52. The van der Waals surface area contributed by atoms with E-state index in [4.69, 9.17) is 9.47 Å². The normalized spacial score (nSPS) is 16.1. The summed E-state index contributed by atoms with van der Waals surface area (Å²) < 4.78 is 36.3. The second-order valence-electron chi connectivity index (χ2n) is 6.61. The highest BCUT2D eigenvalue weighted by atomic mass is 32.2. The number of benzene rings is 2. The fourth-order valence-electron chi connectivity index (χ4n) is 3.06. The van der Waals surface area contributed by atoms with E-state index >= 15 is 0 Å². The lowest BCUT2D eigenvalue weighted by atomic mass is 10.1. The number of carbonyl (C=O) groups excluding carboxylic acids is 1. The monoisotopic (exact) mass is 404 g/mol. The van der Waals surface area contributed by atoms with E-state index < -0.39 is 16.1 Å². The van der Waals surface area contributed by atoms with Crippen LogP contribution in [-0.2, 0) is 21.2 Å². The summed E-state index contributed by atoms with van der Waals surface area (Å²) in [6, 6.07) is 14.6. The number of sulfonamides is 1. The molecule has 0 bridgehead atoms. The molecule has 0 radical (unpaired) electrons. The van der Waals surface area contributed by atoms with Gasteiger partial charge >= 0.3 is 0 Å². The number of ether oxygens (including phenoxy) is 2. The summed E-state index contributed by atoms with van der Waals surface area (Å²) in [6.07, 6.45) is 1.81. The molecule has 8 heteroatoms. The third kappa shape index (κ3) is 4.75. The van der Waals surface area contributed by atoms with Gasteiger partial charge in [-0.25, -0.2) is 8.42 Å². The van der Waals surface area contributed by atoms with Crippen LogP contribution in [0.3, 0.4) is 0 Å². The SMILES string of the molecule is COc1ccc(CCCNC(=O)[C@@H]2CN(S(C)(=O)=O)c3ccccc3O2)cc1. The van der Waals surface area contributed by atoms with Crippen LogP contribution in [0, 0.1) is 0 Å². The van der Waals surface area contributed by atoms with Crippen LogP contribution in [0.25, 0.3) is 0 Å². The van der Waals surface area contributed by atoms with Crippen LogP contribution >= 0.6 is 0 Å². The van der Waals surface area contributed by atoms with E-state index in [-0.39, 0.29) is 12.5 Å². The van der Waals surface area contributed by atoms with Gasteiger partial charge in [-0.15, -0.1) is 0 Å². The minimum atomic E-state index is -3.51. The molecule has 0 saturated carbocycles. The standard InChI is InChI=1S/C20H24N2O5S/c1-26-16-11-9-15(10-12-16)6-5-13-21-20(23)19-14-22(28(2,24)25)17-7-3-4-8-18(17)27-19/h3-4,7-12,19H,5-6,13-14H2,1-2H3,(H,21,23)/t19-/m0/s1. The molecule has 150 valence electrons. The average molecular weight is 404 g/mol. The summed E-state index contributed by atoms with van der Waals surface area (Å²) in [5.74, 6) is 0.873. The first-order valence-corrected chi connectivity index (χ1v) is 10.9. The molecule has 1 aliphatic heterocycles. The molecule has 0 spiro atoms. The van der Waals surface area contributed by atoms with Crippen molar-refractivity contribution in [3.05, 3.63) is 54.1 Å². The van der Waals surface area contributed by atoms with Crippen LogP contribution < -0.4 is 19.1 Å². The van der Waals surface area contributed by atoms with Crippen LogP contribution in [0.5, 0.6) is 11.5 Å². The predicted molar refractivity (Wildman–Crippen MR) is 107 cm³/mol. The number of methoxy groups -OCH3 is 1. The van der Waals surface area contributed by atoms with Crippen LogP contribution in [0.1, 0.15) is 12.0 Å². The number of fused-ring (bicyclic) bond motifs is 1. The Labute approximate surface area is 165 Å². The maximum absolute atomic E-state index is 12.5. The van der Waals surface area contributed by atoms with Gasteiger partial charge in [-0.05, 0) is 42.7 Å². The molecule has 1 N–H and O–H groups in total. The number of amides is 1. The topological polar surface area (TPSA) is 84.9 Å². The van der Waals surface area contributed by atoms with Gasteiger partial charge in [0.2, 0.25) is 10.0 Å². The van der Waals surface area contributed by atoms with Crippen molar-refractivity contribution in [2.45, 2.75) is 18.9 Å². The fourth-order valence-corrected chi connectivity index (χ4v) is 3.98. The first-order valence-electron chi connectivity index (χ1n) is 9.02. The minimum Gasteiger partial charge on any atom is -0.497 e. The molecular weight excluding hydrogens is 380 g/mol. The molecule has 0 saturated heterocycles. The number of anilines is 1. The van der Waals surface area contributed by atoms with Crippen LogP contribution in [0.15, 0.2) is 48.5 Å². The minimum absolute atomic E-state index is 0.0415. The van der Waals surface area contributed by atoms with Gasteiger partial charge in [-0.1, -0.05) is 24.3 Å². The Morgan fingerprint density at radius 2 is 1.93 bits per heavy atom. The number of carbonyl (C=O) groups is 1. The summed E-state index contributed by atoms with van der Waals surface area (Å²) in [6.45, 7) is 0.436. The van der Waals surface area contributed by atoms with E-state index in [1.165, 1.54) is 4.31 Å². The Kier molecular flexibility index (Phi) is 6.08. The molecule has 0 fully saturated rings. The van der Waals surface area contributed by atoms with Crippen molar-refractivity contribution in [1.29, 1.82) is 0 Å². The second-order valence-corrected chi connectivity index (χ2v) is 8.52. The molecule has 2 aromatic rings. The number of para-hydroxylation sites is 2. The van der Waals surface area contributed by atoms with Crippen molar-refractivity contribution in [3.8, 4) is 11.5 Å². The van der Waals surface area contributed by atoms with Gasteiger partial charge in [0.1, 0.15) is 11.5 Å². The molecule has 0 aliphatic carbocycles. The summed E-state index contributed by atoms with van der Waals surface area (Å²) in [4.78, 5) is 12.5. The third-order valence-electron chi connectivity index (χ3n) is 4.53. The van der Waals surface area contributed by atoms with E-state index in [1.54, 1.807) is 31.4 Å². The lowest BCUT2D eigenvalue weighted by molar-refractivity contribution is -0.127. The average Bonchev–Trinajstić information content (AvgIpc) is 2.70. The van der Waals surface area contributed by atoms with Gasteiger partial charge in [0.25, 0.3) is 5.91 Å². The van der Waals surface area contributed by atoms with Gasteiger partial charge in [-0.2, -0.15) is 0 Å². The quantitative estimate of drug-likeness (QED) is 0.713. The molecule has 1 atom stereocenters. The number of hydrogen-bond acceptors (Lipinski definition) is 5. The van der Waals surface area contributed by atoms with Crippen molar-refractivity contribution >= 4 is 21.6 Å². The van der Waals surface area contributed by atoms with E-state index in [0.29, 0.717) is 18.0 Å². The van der Waals surface area contributed by atoms with Gasteiger partial charge < -0.3 is 14.8 Å². The van der Waals surface area contributed by atoms with Crippen molar-refractivity contribution < 1.29 is 22.7 Å². The maximum Gasteiger partial charge on any atom is 0.263 e. The zero-order valence-electron chi connectivity index (χ0n) is 15.9. The lowest BCUT2D eigenvalue weighted by Gasteiger charge is -2.33. The maximum atomic E-state index is 12.5. The Morgan fingerprint density at radius 3 is 2.61 bits per heavy atom. The third-order valence-corrected chi connectivity index (χ3v) is 5.67. The molecule has 0 unspecified atom stereocenters. The smallest absolute Gasteiger partial charge is 0.263 e. The molecule has 28 heavy (non-hydrogen) atoms. The number of hydrogen-bond donors (Lipinski definition) is 1. The van der Waals surface area contributed by atoms with E-state index in [9.17, 15) is 13.2 Å². The molecule has 3 rings (SSSR count). The summed E-state index contributed by atoms with van der Waals surface area (Å²) >= 11 is 0. The largest absolute Gasteiger partial charge is 0.497 e. The van der Waals surface area contributed by atoms with Gasteiger partial charge in [0.05, 0.1) is 25.6 Å². The fraction of sp³-hybridized carbons (Fsp3) is 0.350. The molecule has 1 aliphatic rings. The highest BCUT2D eigenvalue weighted by Gasteiger charge is 2.34. The highest BCUT2D eigenvalue weighted by molar-refractivity contribution is 7.92.